The van der Waals surface area contributed by atoms with Crippen LogP contribution in [0.25, 0.3) is 61.0 Å². The molecule has 32 heavy (non-hydrogen) atoms. The molecule has 6 aromatic rings. The normalized spacial score (nSPS) is 13.0. The quantitative estimate of drug-likeness (QED) is 0.282. The summed E-state index contributed by atoms with van der Waals surface area (Å²) in [5.74, 6) is 1.02. The number of aromatic nitrogens is 1. The van der Waals surface area contributed by atoms with E-state index in [1.807, 2.05) is 12.1 Å². The molecule has 0 atom stereocenters. The third kappa shape index (κ3) is 2.42. The van der Waals surface area contributed by atoms with E-state index in [0.29, 0.717) is 6.54 Å². The molecule has 0 spiro atoms. The van der Waals surface area contributed by atoms with E-state index < -0.39 is 0 Å². The van der Waals surface area contributed by atoms with Crippen molar-refractivity contribution in [2.45, 2.75) is 0 Å². The highest BCUT2D eigenvalue weighted by atomic mass is 16.3. The summed E-state index contributed by atoms with van der Waals surface area (Å²) < 4.78 is 8.57. The average Bonchev–Trinajstić information content (AvgIpc) is 3.40. The van der Waals surface area contributed by atoms with Gasteiger partial charge in [-0.1, -0.05) is 97.1 Å². The first-order chi connectivity index (χ1) is 15.9. The molecule has 4 aromatic carbocycles. The molecule has 152 valence electrons. The Morgan fingerprint density at radius 2 is 1.56 bits per heavy atom. The lowest BCUT2D eigenvalue weighted by Crippen LogP contribution is -1.96. The van der Waals surface area contributed by atoms with Crippen LogP contribution in [0.1, 0.15) is 5.56 Å². The third-order valence-corrected chi connectivity index (χ3v) is 6.34. The van der Waals surface area contributed by atoms with Crippen LogP contribution in [0.4, 0.5) is 5.82 Å². The van der Waals surface area contributed by atoms with Gasteiger partial charge in [-0.25, -0.2) is 0 Å². The standard InChI is InChI=1S/C29H19N2O/c1-3-15-26-22(10-1)25-14-7-17-30-29(25)31(26)20-9-5-8-19(18-20)21-12-6-13-24-23-11-2-4-16-27(23)32-28(21)24/h1-16,18H,17H2/q-1. The van der Waals surface area contributed by atoms with Crippen LogP contribution < -0.4 is 0 Å². The second kappa shape index (κ2) is 6.63. The van der Waals surface area contributed by atoms with Gasteiger partial charge in [-0.15, -0.1) is 0 Å². The number of furan rings is 1. The van der Waals surface area contributed by atoms with E-state index in [-0.39, 0.29) is 0 Å². The van der Waals surface area contributed by atoms with E-state index in [2.05, 4.69) is 95.6 Å². The van der Waals surface area contributed by atoms with E-state index in [4.69, 9.17) is 9.73 Å². The lowest BCUT2D eigenvalue weighted by Gasteiger charge is -2.25. The van der Waals surface area contributed by atoms with Gasteiger partial charge in [0.25, 0.3) is 0 Å². The van der Waals surface area contributed by atoms with Crippen molar-refractivity contribution in [3.63, 3.8) is 0 Å². The zero-order valence-corrected chi connectivity index (χ0v) is 17.3. The predicted molar refractivity (Wildman–Crippen MR) is 133 cm³/mol. The molecule has 3 heterocycles. The Balaban J connectivity index is 1.48. The molecule has 2 aromatic heterocycles. The maximum Gasteiger partial charge on any atom is 0.143 e. The lowest BCUT2D eigenvalue weighted by molar-refractivity contribution is 0.670. The molecule has 1 aliphatic rings. The Bertz CT molecular complexity index is 1680. The van der Waals surface area contributed by atoms with Crippen molar-refractivity contribution in [3.8, 4) is 16.8 Å². The Morgan fingerprint density at radius 3 is 2.53 bits per heavy atom. The van der Waals surface area contributed by atoms with Crippen molar-refractivity contribution in [1.82, 2.24) is 4.57 Å². The van der Waals surface area contributed by atoms with Gasteiger partial charge >= 0.3 is 0 Å². The lowest BCUT2D eigenvalue weighted by atomic mass is 10.0. The van der Waals surface area contributed by atoms with Crippen LogP contribution in [0.2, 0.25) is 0 Å². The summed E-state index contributed by atoms with van der Waals surface area (Å²) in [6.07, 6.45) is 4.32. The van der Waals surface area contributed by atoms with Crippen molar-refractivity contribution >= 4 is 44.7 Å². The van der Waals surface area contributed by atoms with Crippen LogP contribution in [0.3, 0.4) is 0 Å². The van der Waals surface area contributed by atoms with E-state index >= 15 is 0 Å². The molecule has 3 heteroatoms. The van der Waals surface area contributed by atoms with Crippen molar-refractivity contribution in [2.75, 3.05) is 6.54 Å². The molecule has 7 rings (SSSR count). The molecule has 0 unspecified atom stereocenters. The van der Waals surface area contributed by atoms with Gasteiger partial charge in [0, 0.05) is 16.3 Å². The first-order valence-electron chi connectivity index (χ1n) is 10.9. The third-order valence-electron chi connectivity index (χ3n) is 6.34. The summed E-state index contributed by atoms with van der Waals surface area (Å²) in [6, 6.07) is 31.8. The smallest absolute Gasteiger partial charge is 0.143 e. The van der Waals surface area contributed by atoms with Crippen LogP contribution in [0.15, 0.2) is 101 Å². The van der Waals surface area contributed by atoms with Gasteiger partial charge in [-0.3, -0.25) is 0 Å². The molecule has 0 amide bonds. The number of fused-ring (bicyclic) bond motifs is 6. The number of benzene rings is 4. The van der Waals surface area contributed by atoms with Gasteiger partial charge in [-0.05, 0) is 46.1 Å². The number of hydrogen-bond donors (Lipinski definition) is 0. The summed E-state index contributed by atoms with van der Waals surface area (Å²) in [6.45, 7) is 0.710. The topological polar surface area (TPSA) is 32.2 Å². The summed E-state index contributed by atoms with van der Waals surface area (Å²) in [5, 5.41) is 8.37. The molecule has 0 N–H and O–H groups in total. The molecule has 3 nitrogen and oxygen atoms in total. The molecular formula is C29H19N2O-. The first-order valence-corrected chi connectivity index (χ1v) is 10.9. The van der Waals surface area contributed by atoms with Crippen LogP contribution in [0, 0.1) is 0 Å². The molecule has 0 fully saturated rings. The van der Waals surface area contributed by atoms with Crippen LogP contribution in [0.5, 0.6) is 0 Å². The predicted octanol–water partition coefficient (Wildman–Crippen LogP) is 8.23. The van der Waals surface area contributed by atoms with Crippen molar-refractivity contribution < 1.29 is 4.42 Å². The molecule has 0 aliphatic carbocycles. The highest BCUT2D eigenvalue weighted by Crippen LogP contribution is 2.42. The summed E-state index contributed by atoms with van der Waals surface area (Å²) >= 11 is 0. The number of rotatable bonds is 2. The van der Waals surface area contributed by atoms with E-state index in [0.717, 1.165) is 44.6 Å². The van der Waals surface area contributed by atoms with Gasteiger partial charge in [0.1, 0.15) is 11.2 Å². The SMILES string of the molecule is C1=Cc2c(n(-c3cccc(-c4cccc5c4oc4ccccc45)c3)c3ccccc23)[N-]C1. The van der Waals surface area contributed by atoms with E-state index in [9.17, 15) is 0 Å². The van der Waals surface area contributed by atoms with Gasteiger partial charge in [0.05, 0.1) is 0 Å². The molecule has 0 bridgehead atoms. The van der Waals surface area contributed by atoms with Crippen molar-refractivity contribution in [1.29, 1.82) is 0 Å². The zero-order valence-electron chi connectivity index (χ0n) is 17.3. The van der Waals surface area contributed by atoms with Gasteiger partial charge < -0.3 is 14.3 Å². The monoisotopic (exact) mass is 411 g/mol. The van der Waals surface area contributed by atoms with Crippen molar-refractivity contribution in [2.24, 2.45) is 0 Å². The second-order valence-corrected chi connectivity index (χ2v) is 8.16. The Kier molecular flexibility index (Phi) is 3.61. The van der Waals surface area contributed by atoms with Gasteiger partial charge in [0.2, 0.25) is 0 Å². The Morgan fingerprint density at radius 1 is 0.750 bits per heavy atom. The number of nitrogens with zero attached hydrogens (tertiary/aromatic N) is 2. The number of hydrogen-bond acceptors (Lipinski definition) is 1. The zero-order chi connectivity index (χ0) is 21.1. The maximum absolute atomic E-state index is 6.29. The van der Waals surface area contributed by atoms with Crippen LogP contribution in [-0.2, 0) is 0 Å². The Hall–Kier alpha value is -4.24. The van der Waals surface area contributed by atoms with Gasteiger partial charge in [-0.2, -0.15) is 0 Å². The largest absolute Gasteiger partial charge is 0.461 e. The second-order valence-electron chi connectivity index (χ2n) is 8.16. The Labute approximate surface area is 185 Å². The summed E-state index contributed by atoms with van der Waals surface area (Å²) in [4.78, 5) is 0. The minimum Gasteiger partial charge on any atom is -0.461 e. The highest BCUT2D eigenvalue weighted by molar-refractivity contribution is 6.09. The molecule has 0 saturated carbocycles. The first kappa shape index (κ1) is 17.4. The number of para-hydroxylation sites is 3. The fourth-order valence-corrected chi connectivity index (χ4v) is 4.93. The highest BCUT2D eigenvalue weighted by Gasteiger charge is 2.14. The molecule has 1 aliphatic heterocycles. The summed E-state index contributed by atoms with van der Waals surface area (Å²) in [7, 11) is 0. The molecular weight excluding hydrogens is 392 g/mol. The molecule has 0 radical (unpaired) electrons. The summed E-state index contributed by atoms with van der Waals surface area (Å²) in [5.41, 5.74) is 7.54. The van der Waals surface area contributed by atoms with Crippen LogP contribution in [-0.4, -0.2) is 11.1 Å². The van der Waals surface area contributed by atoms with E-state index in [1.54, 1.807) is 0 Å². The minimum absolute atomic E-state index is 0.710. The van der Waals surface area contributed by atoms with Crippen molar-refractivity contribution in [3.05, 3.63) is 108 Å². The maximum atomic E-state index is 6.29. The fourth-order valence-electron chi connectivity index (χ4n) is 4.93. The van der Waals surface area contributed by atoms with E-state index in [1.165, 1.54) is 16.5 Å². The average molecular weight is 411 g/mol. The molecule has 0 saturated heterocycles. The fraction of sp³-hybridized carbons (Fsp3) is 0.0345. The van der Waals surface area contributed by atoms with Gasteiger partial charge in [0.15, 0.2) is 0 Å². The minimum atomic E-state index is 0.710. The van der Waals surface area contributed by atoms with Crippen LogP contribution >= 0.6 is 0 Å².